The number of ether oxygens (including phenoxy) is 3. The largest absolute Gasteiger partial charge is 0.387 e. The van der Waals surface area contributed by atoms with Crippen molar-refractivity contribution in [2.45, 2.75) is 44.6 Å². The number of hydrogen-bond donors (Lipinski definition) is 1. The molecule has 0 bridgehead atoms. The maximum atomic E-state index is 11.1. The normalized spacial score (nSPS) is 22.9. The fraction of sp³-hybridized carbons (Fsp3) is 0.308. The maximum absolute atomic E-state index is 11.1. The van der Waals surface area contributed by atoms with Crippen molar-refractivity contribution in [3.05, 3.63) is 105 Å². The molecule has 168 valence electrons. The first-order chi connectivity index (χ1) is 15.5. The molecule has 0 radical (unpaired) electrons. The summed E-state index contributed by atoms with van der Waals surface area (Å²) in [5.74, 6) is 0. The molecular weight excluding hydrogens is 447 g/mol. The number of halogens is 2. The lowest BCUT2D eigenvalue weighted by Crippen LogP contribution is -2.36. The SMILES string of the molecule is Cc1ccc(C2OC(COCc3ccc(Cl)cc3)C(OCc3ccc(Cl)cc3)C2O)cc1. The van der Waals surface area contributed by atoms with Crippen LogP contribution in [-0.2, 0) is 27.4 Å². The monoisotopic (exact) mass is 472 g/mol. The van der Waals surface area contributed by atoms with Gasteiger partial charge >= 0.3 is 0 Å². The summed E-state index contributed by atoms with van der Waals surface area (Å²) in [7, 11) is 0. The smallest absolute Gasteiger partial charge is 0.115 e. The van der Waals surface area contributed by atoms with Crippen molar-refractivity contribution in [2.75, 3.05) is 6.61 Å². The van der Waals surface area contributed by atoms with Gasteiger partial charge in [-0.3, -0.25) is 0 Å². The summed E-state index contributed by atoms with van der Waals surface area (Å²) >= 11 is 11.9. The van der Waals surface area contributed by atoms with E-state index in [0.717, 1.165) is 22.3 Å². The van der Waals surface area contributed by atoms with Crippen molar-refractivity contribution < 1.29 is 19.3 Å². The predicted octanol–water partition coefficient (Wildman–Crippen LogP) is 5.90. The van der Waals surface area contributed by atoms with E-state index in [1.165, 1.54) is 0 Å². The molecule has 4 atom stereocenters. The van der Waals surface area contributed by atoms with Crippen molar-refractivity contribution in [1.82, 2.24) is 0 Å². The fourth-order valence-corrected chi connectivity index (χ4v) is 4.01. The van der Waals surface area contributed by atoms with Crippen molar-refractivity contribution in [1.29, 1.82) is 0 Å². The van der Waals surface area contributed by atoms with Crippen LogP contribution in [0.3, 0.4) is 0 Å². The minimum Gasteiger partial charge on any atom is -0.387 e. The lowest BCUT2D eigenvalue weighted by Gasteiger charge is -2.21. The number of hydrogen-bond acceptors (Lipinski definition) is 4. The Morgan fingerprint density at radius 3 is 1.97 bits per heavy atom. The fourth-order valence-electron chi connectivity index (χ4n) is 3.76. The molecule has 4 unspecified atom stereocenters. The molecule has 4 nitrogen and oxygen atoms in total. The van der Waals surface area contributed by atoms with Crippen LogP contribution in [0.4, 0.5) is 0 Å². The first-order valence-corrected chi connectivity index (χ1v) is 11.3. The zero-order valence-electron chi connectivity index (χ0n) is 17.8. The lowest BCUT2D eigenvalue weighted by atomic mass is 10.0. The van der Waals surface area contributed by atoms with E-state index in [9.17, 15) is 5.11 Å². The first-order valence-electron chi connectivity index (χ1n) is 10.6. The van der Waals surface area contributed by atoms with Gasteiger partial charge in [-0.15, -0.1) is 0 Å². The van der Waals surface area contributed by atoms with E-state index in [1.54, 1.807) is 0 Å². The van der Waals surface area contributed by atoms with Gasteiger partial charge in [0.1, 0.15) is 24.4 Å². The third-order valence-electron chi connectivity index (χ3n) is 5.56. The molecule has 1 aliphatic heterocycles. The highest BCUT2D eigenvalue weighted by Gasteiger charge is 2.45. The van der Waals surface area contributed by atoms with E-state index in [0.29, 0.717) is 29.9 Å². The lowest BCUT2D eigenvalue weighted by molar-refractivity contribution is -0.0769. The summed E-state index contributed by atoms with van der Waals surface area (Å²) < 4.78 is 18.3. The molecule has 0 aromatic heterocycles. The molecule has 0 saturated carbocycles. The van der Waals surface area contributed by atoms with Crippen molar-refractivity contribution in [3.63, 3.8) is 0 Å². The highest BCUT2D eigenvalue weighted by atomic mass is 35.5. The average Bonchev–Trinajstić information content (AvgIpc) is 3.10. The molecule has 1 N–H and O–H groups in total. The molecule has 3 aromatic rings. The Morgan fingerprint density at radius 1 is 0.812 bits per heavy atom. The van der Waals surface area contributed by atoms with Crippen LogP contribution in [0.2, 0.25) is 10.0 Å². The Hall–Kier alpha value is -1.92. The van der Waals surface area contributed by atoms with E-state index < -0.39 is 24.4 Å². The Kier molecular flexibility index (Phi) is 7.84. The predicted molar refractivity (Wildman–Crippen MR) is 126 cm³/mol. The maximum Gasteiger partial charge on any atom is 0.115 e. The molecule has 0 spiro atoms. The highest BCUT2D eigenvalue weighted by molar-refractivity contribution is 6.30. The number of aryl methyl sites for hydroxylation is 1. The minimum absolute atomic E-state index is 0.299. The topological polar surface area (TPSA) is 47.9 Å². The van der Waals surface area contributed by atoms with Crippen LogP contribution in [0.1, 0.15) is 28.4 Å². The zero-order chi connectivity index (χ0) is 22.5. The molecule has 6 heteroatoms. The Balaban J connectivity index is 1.44. The minimum atomic E-state index is -0.811. The molecule has 1 saturated heterocycles. The highest BCUT2D eigenvalue weighted by Crippen LogP contribution is 2.36. The average molecular weight is 473 g/mol. The summed E-state index contributed by atoms with van der Waals surface area (Å²) in [5, 5.41) is 12.4. The van der Waals surface area contributed by atoms with Crippen LogP contribution in [0, 0.1) is 6.92 Å². The van der Waals surface area contributed by atoms with E-state index in [2.05, 4.69) is 0 Å². The van der Waals surface area contributed by atoms with Crippen LogP contribution in [0.15, 0.2) is 72.8 Å². The van der Waals surface area contributed by atoms with E-state index >= 15 is 0 Å². The number of rotatable bonds is 8. The molecule has 1 aliphatic rings. The number of aliphatic hydroxyl groups excluding tert-OH is 1. The van der Waals surface area contributed by atoms with Crippen LogP contribution in [0.25, 0.3) is 0 Å². The van der Waals surface area contributed by atoms with E-state index in [4.69, 9.17) is 37.4 Å². The van der Waals surface area contributed by atoms with E-state index in [-0.39, 0.29) is 0 Å². The summed E-state index contributed by atoms with van der Waals surface area (Å²) in [6, 6.07) is 23.0. The molecule has 1 fully saturated rings. The third kappa shape index (κ3) is 5.90. The second-order valence-electron chi connectivity index (χ2n) is 8.04. The van der Waals surface area contributed by atoms with Gasteiger partial charge in [0.25, 0.3) is 0 Å². The third-order valence-corrected chi connectivity index (χ3v) is 6.06. The Labute approximate surface area is 198 Å². The summed E-state index contributed by atoms with van der Waals surface area (Å²) in [6.07, 6.45) is -2.22. The van der Waals surface area contributed by atoms with Crippen molar-refractivity contribution >= 4 is 23.2 Å². The molecule has 4 rings (SSSR count). The van der Waals surface area contributed by atoms with Crippen LogP contribution in [-0.4, -0.2) is 30.0 Å². The van der Waals surface area contributed by atoms with Gasteiger partial charge in [0.15, 0.2) is 0 Å². The van der Waals surface area contributed by atoms with Crippen LogP contribution >= 0.6 is 23.2 Å². The van der Waals surface area contributed by atoms with Crippen LogP contribution < -0.4 is 0 Å². The van der Waals surface area contributed by atoms with Gasteiger partial charge in [-0.2, -0.15) is 0 Å². The molecule has 32 heavy (non-hydrogen) atoms. The first kappa shape index (κ1) is 23.2. The van der Waals surface area contributed by atoms with Crippen molar-refractivity contribution in [3.8, 4) is 0 Å². The second kappa shape index (κ2) is 10.8. The van der Waals surface area contributed by atoms with Gasteiger partial charge in [-0.25, -0.2) is 0 Å². The molecule has 0 amide bonds. The Bertz CT molecular complexity index is 990. The van der Waals surface area contributed by atoms with Gasteiger partial charge in [-0.05, 0) is 47.9 Å². The van der Waals surface area contributed by atoms with Crippen LogP contribution in [0.5, 0.6) is 0 Å². The molecule has 1 heterocycles. The standard InChI is InChI=1S/C26H26Cl2O4/c1-17-2-8-20(9-3-17)25-24(29)26(31-15-19-6-12-22(28)13-7-19)23(32-25)16-30-14-18-4-10-21(27)11-5-18/h2-13,23-26,29H,14-16H2,1H3. The van der Waals surface area contributed by atoms with Gasteiger partial charge in [0.05, 0.1) is 19.8 Å². The van der Waals surface area contributed by atoms with Gasteiger partial charge < -0.3 is 19.3 Å². The van der Waals surface area contributed by atoms with E-state index in [1.807, 2.05) is 79.7 Å². The zero-order valence-corrected chi connectivity index (χ0v) is 19.3. The number of benzene rings is 3. The number of aliphatic hydroxyl groups is 1. The van der Waals surface area contributed by atoms with Gasteiger partial charge in [-0.1, -0.05) is 77.3 Å². The Morgan fingerprint density at radius 2 is 1.38 bits per heavy atom. The second-order valence-corrected chi connectivity index (χ2v) is 8.91. The van der Waals surface area contributed by atoms with Crippen molar-refractivity contribution in [2.24, 2.45) is 0 Å². The molecule has 3 aromatic carbocycles. The van der Waals surface area contributed by atoms with Gasteiger partial charge in [0.2, 0.25) is 0 Å². The van der Waals surface area contributed by atoms with Gasteiger partial charge in [0, 0.05) is 10.0 Å². The summed E-state index contributed by atoms with van der Waals surface area (Å²) in [4.78, 5) is 0. The summed E-state index contributed by atoms with van der Waals surface area (Å²) in [5.41, 5.74) is 4.06. The summed E-state index contributed by atoms with van der Waals surface area (Å²) in [6.45, 7) is 3.09. The molecule has 0 aliphatic carbocycles. The molecular formula is C26H26Cl2O4. The quantitative estimate of drug-likeness (QED) is 0.442.